The number of rotatable bonds is 7. The number of piperidine rings is 3. The molecule has 1 aromatic heterocycles. The van der Waals surface area contributed by atoms with Crippen molar-refractivity contribution in [2.45, 2.75) is 56.4 Å². The highest BCUT2D eigenvalue weighted by atomic mass is 32.1. The van der Waals surface area contributed by atoms with Crippen LogP contribution in [0.25, 0.3) is 6.08 Å². The van der Waals surface area contributed by atoms with Crippen molar-refractivity contribution in [1.82, 2.24) is 0 Å². The number of aliphatic carboxylic acids is 1. The molecule has 212 valence electrons. The number of benzene rings is 1. The van der Waals surface area contributed by atoms with Gasteiger partial charge in [0.2, 0.25) is 0 Å². The molecule has 0 radical (unpaired) electrons. The highest BCUT2D eigenvalue weighted by Crippen LogP contribution is 2.44. The SMILES string of the molecule is O=C(O[C@H]1C[N+]2(CC=Cc3ccccc3)CCC1CC2)[C@@](O)(c1cccs1)C1CCCC1.O=C([O-])C(F)(F)F. The fourth-order valence-corrected chi connectivity index (χ4v) is 7.01. The number of carboxylic acid groups (broad SMARTS) is 1. The monoisotopic (exact) mass is 565 g/mol. The van der Waals surface area contributed by atoms with E-state index in [0.29, 0.717) is 5.92 Å². The number of halogens is 3. The summed E-state index contributed by atoms with van der Waals surface area (Å²) >= 11 is 1.47. The average Bonchev–Trinajstić information content (AvgIpc) is 3.65. The van der Waals surface area contributed by atoms with E-state index in [0.717, 1.165) is 74.1 Å². The van der Waals surface area contributed by atoms with Crippen molar-refractivity contribution in [3.8, 4) is 0 Å². The van der Waals surface area contributed by atoms with E-state index in [4.69, 9.17) is 14.6 Å². The Morgan fingerprint density at radius 3 is 2.26 bits per heavy atom. The summed E-state index contributed by atoms with van der Waals surface area (Å²) in [5, 5.41) is 22.4. The molecular weight excluding hydrogens is 531 g/mol. The summed E-state index contributed by atoms with van der Waals surface area (Å²) in [7, 11) is 0. The highest BCUT2D eigenvalue weighted by molar-refractivity contribution is 7.10. The van der Waals surface area contributed by atoms with Crippen LogP contribution in [0.4, 0.5) is 13.2 Å². The summed E-state index contributed by atoms with van der Waals surface area (Å²) in [6, 6.07) is 14.2. The molecule has 2 atom stereocenters. The smallest absolute Gasteiger partial charge is 0.430 e. The van der Waals surface area contributed by atoms with Crippen LogP contribution in [0.1, 0.15) is 49.0 Å². The van der Waals surface area contributed by atoms with Crippen LogP contribution in [0, 0.1) is 11.8 Å². The minimum absolute atomic E-state index is 0.0355. The molecule has 6 rings (SSSR count). The van der Waals surface area contributed by atoms with E-state index >= 15 is 0 Å². The molecule has 6 nitrogen and oxygen atoms in total. The Morgan fingerprint density at radius 2 is 1.69 bits per heavy atom. The Morgan fingerprint density at radius 1 is 1.05 bits per heavy atom. The molecular formula is C29H34F3NO5S. The van der Waals surface area contributed by atoms with Gasteiger partial charge in [-0.15, -0.1) is 11.3 Å². The van der Waals surface area contributed by atoms with Crippen LogP contribution in [0.2, 0.25) is 0 Å². The number of esters is 1. The summed E-state index contributed by atoms with van der Waals surface area (Å²) in [5.74, 6) is -3.03. The Labute approximate surface area is 230 Å². The molecule has 0 amide bonds. The van der Waals surface area contributed by atoms with Crippen molar-refractivity contribution < 1.29 is 42.2 Å². The molecule has 4 aliphatic rings. The molecule has 0 spiro atoms. The molecule has 39 heavy (non-hydrogen) atoms. The first kappa shape index (κ1) is 29.3. The average molecular weight is 566 g/mol. The second kappa shape index (κ2) is 12.2. The number of carboxylic acids is 1. The molecule has 4 fully saturated rings. The second-order valence-corrected chi connectivity index (χ2v) is 11.7. The largest absolute Gasteiger partial charge is 0.542 e. The molecule has 3 saturated heterocycles. The van der Waals surface area contributed by atoms with Crippen molar-refractivity contribution >= 4 is 29.4 Å². The molecule has 1 N–H and O–H groups in total. The van der Waals surface area contributed by atoms with E-state index < -0.39 is 23.7 Å². The van der Waals surface area contributed by atoms with Crippen LogP contribution >= 0.6 is 11.3 Å². The Hall–Kier alpha value is -2.69. The number of carbonyl (C=O) groups excluding carboxylic acids is 2. The molecule has 1 aliphatic carbocycles. The van der Waals surface area contributed by atoms with Crippen LogP contribution in [-0.2, 0) is 19.9 Å². The third kappa shape index (κ3) is 6.91. The number of alkyl halides is 3. The van der Waals surface area contributed by atoms with Gasteiger partial charge < -0.3 is 24.2 Å². The van der Waals surface area contributed by atoms with Crippen LogP contribution in [-0.4, -0.2) is 60.0 Å². The van der Waals surface area contributed by atoms with Crippen molar-refractivity contribution in [2.75, 3.05) is 26.2 Å². The second-order valence-electron chi connectivity index (χ2n) is 10.8. The first-order chi connectivity index (χ1) is 18.5. The number of hydrogen-bond donors (Lipinski definition) is 1. The first-order valence-electron chi connectivity index (χ1n) is 13.4. The van der Waals surface area contributed by atoms with Crippen molar-refractivity contribution in [1.29, 1.82) is 0 Å². The van der Waals surface area contributed by atoms with E-state index in [1.54, 1.807) is 0 Å². The summed E-state index contributed by atoms with van der Waals surface area (Å²) in [5.41, 5.74) is -0.271. The lowest BCUT2D eigenvalue weighted by Gasteiger charge is -2.52. The zero-order valence-electron chi connectivity index (χ0n) is 21.6. The lowest BCUT2D eigenvalue weighted by atomic mass is 9.82. The minimum atomic E-state index is -5.19. The Kier molecular flexibility index (Phi) is 9.18. The molecule has 1 aromatic carbocycles. The van der Waals surface area contributed by atoms with Crippen LogP contribution < -0.4 is 5.11 Å². The van der Waals surface area contributed by atoms with Gasteiger partial charge in [0.1, 0.15) is 12.5 Å². The fourth-order valence-electron chi connectivity index (χ4n) is 6.12. The van der Waals surface area contributed by atoms with Gasteiger partial charge in [-0.05, 0) is 35.9 Å². The lowest BCUT2D eigenvalue weighted by molar-refractivity contribution is -0.941. The zero-order valence-corrected chi connectivity index (χ0v) is 22.5. The molecule has 3 aliphatic heterocycles. The van der Waals surface area contributed by atoms with Crippen molar-refractivity contribution in [2.24, 2.45) is 11.8 Å². The van der Waals surface area contributed by atoms with Gasteiger partial charge in [-0.3, -0.25) is 0 Å². The van der Waals surface area contributed by atoms with Crippen LogP contribution in [0.15, 0.2) is 53.9 Å². The van der Waals surface area contributed by atoms with Gasteiger partial charge in [0, 0.05) is 29.6 Å². The van der Waals surface area contributed by atoms with E-state index in [-0.39, 0.29) is 12.0 Å². The molecule has 10 heteroatoms. The normalized spacial score (nSPS) is 26.6. The maximum Gasteiger partial charge on any atom is 0.430 e. The summed E-state index contributed by atoms with van der Waals surface area (Å²) in [6.07, 6.45) is 5.31. The van der Waals surface area contributed by atoms with E-state index in [1.165, 1.54) is 16.9 Å². The van der Waals surface area contributed by atoms with Gasteiger partial charge >= 0.3 is 12.1 Å². The topological polar surface area (TPSA) is 86.7 Å². The Balaban J connectivity index is 0.000000448. The molecule has 4 heterocycles. The van der Waals surface area contributed by atoms with E-state index in [9.17, 15) is 23.1 Å². The number of fused-ring (bicyclic) bond motifs is 3. The van der Waals surface area contributed by atoms with Crippen LogP contribution in [0.5, 0.6) is 0 Å². The maximum absolute atomic E-state index is 13.5. The standard InChI is InChI=1S/C27H34NO3S.C2HF3O2/c29-26(27(30,23-11-4-5-12-23)25-13-7-19-32-25)31-24-20-28(17-14-22(24)15-18-28)16-6-10-21-8-2-1-3-9-21;3-2(4,5)1(6)7/h1-3,6-10,13,19,22-24,30H,4-5,11-12,14-18,20H2;(H,6,7)/q+1;/p-1/t22?,24-,27-,28?;/m0./s1. The highest BCUT2D eigenvalue weighted by Gasteiger charge is 2.52. The van der Waals surface area contributed by atoms with Gasteiger partial charge in [-0.25, -0.2) is 4.79 Å². The quantitative estimate of drug-likeness (QED) is 0.400. The van der Waals surface area contributed by atoms with Gasteiger partial charge in [0.05, 0.1) is 19.6 Å². The summed E-state index contributed by atoms with van der Waals surface area (Å²) in [4.78, 5) is 23.0. The lowest BCUT2D eigenvalue weighted by Crippen LogP contribution is -2.65. The van der Waals surface area contributed by atoms with E-state index in [2.05, 4.69) is 36.4 Å². The van der Waals surface area contributed by atoms with Gasteiger partial charge in [0.25, 0.3) is 0 Å². The molecule has 1 saturated carbocycles. The van der Waals surface area contributed by atoms with Crippen molar-refractivity contribution in [3.63, 3.8) is 0 Å². The van der Waals surface area contributed by atoms with Gasteiger partial charge in [-0.1, -0.05) is 55.3 Å². The Bertz CT molecular complexity index is 1120. The molecule has 0 unspecified atom stereocenters. The third-order valence-corrected chi connectivity index (χ3v) is 9.28. The number of ether oxygens (including phenoxy) is 1. The maximum atomic E-state index is 13.5. The number of hydrogen-bond acceptors (Lipinski definition) is 6. The van der Waals surface area contributed by atoms with Crippen molar-refractivity contribution in [3.05, 3.63) is 64.4 Å². The zero-order chi connectivity index (χ0) is 28.1. The minimum Gasteiger partial charge on any atom is -0.542 e. The van der Waals surface area contributed by atoms with Gasteiger partial charge in [-0.2, -0.15) is 13.2 Å². The number of aliphatic hydroxyl groups is 1. The number of nitrogens with zero attached hydrogens (tertiary/aromatic N) is 1. The third-order valence-electron chi connectivity index (χ3n) is 8.29. The first-order valence-corrected chi connectivity index (χ1v) is 14.2. The van der Waals surface area contributed by atoms with Crippen LogP contribution in [0.3, 0.4) is 0 Å². The number of quaternary nitrogens is 1. The van der Waals surface area contributed by atoms with Gasteiger partial charge in [0.15, 0.2) is 11.7 Å². The predicted octanol–water partition coefficient (Wildman–Crippen LogP) is 4.29. The molecule has 2 aromatic rings. The summed E-state index contributed by atoms with van der Waals surface area (Å²) < 4.78 is 38.7. The summed E-state index contributed by atoms with van der Waals surface area (Å²) in [6.45, 7) is 4.12. The predicted molar refractivity (Wildman–Crippen MR) is 139 cm³/mol. The van der Waals surface area contributed by atoms with E-state index in [1.807, 2.05) is 23.6 Å². The molecule has 2 bridgehead atoms. The number of thiophene rings is 1. The number of carbonyl (C=O) groups is 2. The fraction of sp³-hybridized carbons (Fsp3) is 0.517.